The number of oxime groups is 1. The quantitative estimate of drug-likeness (QED) is 0.267. The molecule has 1 aromatic carbocycles. The number of phenols is 2. The summed E-state index contributed by atoms with van der Waals surface area (Å²) in [4.78, 5) is 0. The molecule has 0 unspecified atom stereocenters. The molecule has 0 aromatic heterocycles. The minimum absolute atomic E-state index is 0.153. The van der Waals surface area contributed by atoms with E-state index in [1.54, 1.807) is 6.07 Å². The Kier molecular flexibility index (Phi) is 2.53. The van der Waals surface area contributed by atoms with Crippen LogP contribution in [-0.2, 0) is 6.42 Å². The number of hydrogen-bond acceptors (Lipinski definition) is 4. The number of rotatable bonds is 2. The third-order valence-electron chi connectivity index (χ3n) is 1.45. The zero-order valence-electron chi connectivity index (χ0n) is 6.31. The molecular weight excluding hydrogens is 158 g/mol. The van der Waals surface area contributed by atoms with Gasteiger partial charge < -0.3 is 15.4 Å². The lowest BCUT2D eigenvalue weighted by Crippen LogP contribution is -1.85. The van der Waals surface area contributed by atoms with Crippen molar-refractivity contribution in [2.24, 2.45) is 5.16 Å². The average Bonchev–Trinajstić information content (AvgIpc) is 2.07. The summed E-state index contributed by atoms with van der Waals surface area (Å²) in [5.74, 6) is -0.321. The van der Waals surface area contributed by atoms with Crippen LogP contribution in [0.3, 0.4) is 0 Å². The predicted molar refractivity (Wildman–Crippen MR) is 43.8 cm³/mol. The van der Waals surface area contributed by atoms with Crippen molar-refractivity contribution in [1.82, 2.24) is 0 Å². The summed E-state index contributed by atoms with van der Waals surface area (Å²) >= 11 is 0. The summed E-state index contributed by atoms with van der Waals surface area (Å²) in [6.07, 6.45) is 1.72. The van der Waals surface area contributed by atoms with Crippen LogP contribution in [0.2, 0.25) is 0 Å². The van der Waals surface area contributed by atoms with Crippen LogP contribution in [0.5, 0.6) is 11.5 Å². The van der Waals surface area contributed by atoms with Gasteiger partial charge in [-0.15, -0.1) is 5.16 Å². The van der Waals surface area contributed by atoms with Gasteiger partial charge >= 0.3 is 0 Å². The molecule has 4 nitrogen and oxygen atoms in total. The van der Waals surface area contributed by atoms with Crippen molar-refractivity contribution in [1.29, 1.82) is 0 Å². The Hall–Kier alpha value is -1.71. The molecule has 1 aromatic rings. The average molecular weight is 167 g/mol. The molecule has 0 bridgehead atoms. The molecule has 64 valence electrons. The summed E-state index contributed by atoms with van der Waals surface area (Å²) in [5.41, 5.74) is 0.767. The van der Waals surface area contributed by atoms with E-state index in [1.807, 2.05) is 0 Å². The fourth-order valence-electron chi connectivity index (χ4n) is 0.842. The number of benzene rings is 1. The molecule has 0 saturated heterocycles. The third kappa shape index (κ3) is 1.88. The van der Waals surface area contributed by atoms with E-state index in [9.17, 15) is 0 Å². The number of nitrogens with zero attached hydrogens (tertiary/aromatic N) is 1. The van der Waals surface area contributed by atoms with Gasteiger partial charge in [-0.05, 0) is 17.7 Å². The van der Waals surface area contributed by atoms with Gasteiger partial charge in [0.2, 0.25) is 0 Å². The molecule has 0 amide bonds. The fourth-order valence-corrected chi connectivity index (χ4v) is 0.842. The van der Waals surface area contributed by atoms with Crippen LogP contribution in [0.25, 0.3) is 0 Å². The van der Waals surface area contributed by atoms with E-state index >= 15 is 0 Å². The molecule has 1 rings (SSSR count). The van der Waals surface area contributed by atoms with Crippen LogP contribution in [0.15, 0.2) is 23.4 Å². The predicted octanol–water partition coefficient (Wildman–Crippen LogP) is 1.10. The molecule has 0 aliphatic carbocycles. The van der Waals surface area contributed by atoms with E-state index < -0.39 is 0 Å². The molecular formula is C8H9NO3. The molecule has 0 atom stereocenters. The van der Waals surface area contributed by atoms with Gasteiger partial charge in [0.25, 0.3) is 0 Å². The van der Waals surface area contributed by atoms with Gasteiger partial charge in [-0.1, -0.05) is 6.07 Å². The second-order valence-corrected chi connectivity index (χ2v) is 2.33. The van der Waals surface area contributed by atoms with E-state index in [1.165, 1.54) is 18.3 Å². The SMILES string of the molecule is O/N=C/Cc1ccc(O)c(O)c1. The van der Waals surface area contributed by atoms with Crippen molar-refractivity contribution in [3.63, 3.8) is 0 Å². The molecule has 4 heteroatoms. The van der Waals surface area contributed by atoms with Crippen LogP contribution < -0.4 is 0 Å². The standard InChI is InChI=1S/C8H9NO3/c10-7-2-1-6(3-4-9-12)5-8(7)11/h1-2,4-5,10-12H,3H2/b9-4+. The molecule has 0 saturated carbocycles. The highest BCUT2D eigenvalue weighted by Crippen LogP contribution is 2.24. The Labute approximate surface area is 69.4 Å². The monoisotopic (exact) mass is 167 g/mol. The molecule has 0 radical (unpaired) electrons. The Morgan fingerprint density at radius 2 is 2.00 bits per heavy atom. The number of hydrogen-bond donors (Lipinski definition) is 3. The van der Waals surface area contributed by atoms with E-state index in [4.69, 9.17) is 15.4 Å². The highest BCUT2D eigenvalue weighted by Gasteiger charge is 1.98. The zero-order chi connectivity index (χ0) is 8.97. The van der Waals surface area contributed by atoms with Crippen molar-refractivity contribution in [3.05, 3.63) is 23.8 Å². The van der Waals surface area contributed by atoms with Gasteiger partial charge in [0.1, 0.15) is 0 Å². The van der Waals surface area contributed by atoms with Crippen molar-refractivity contribution in [2.75, 3.05) is 0 Å². The molecule has 0 heterocycles. The van der Waals surface area contributed by atoms with Crippen LogP contribution in [0.4, 0.5) is 0 Å². The zero-order valence-corrected chi connectivity index (χ0v) is 6.31. The van der Waals surface area contributed by atoms with E-state index in [2.05, 4.69) is 5.16 Å². The number of aromatic hydroxyl groups is 2. The van der Waals surface area contributed by atoms with Gasteiger partial charge in [0, 0.05) is 12.6 Å². The molecule has 0 aliphatic rings. The summed E-state index contributed by atoms with van der Waals surface area (Å²) in [6.45, 7) is 0. The second-order valence-electron chi connectivity index (χ2n) is 2.33. The topological polar surface area (TPSA) is 73.1 Å². The third-order valence-corrected chi connectivity index (χ3v) is 1.45. The van der Waals surface area contributed by atoms with Crippen molar-refractivity contribution in [3.8, 4) is 11.5 Å². The first-order valence-electron chi connectivity index (χ1n) is 3.41. The van der Waals surface area contributed by atoms with Gasteiger partial charge in [-0.25, -0.2) is 0 Å². The van der Waals surface area contributed by atoms with E-state index in [0.29, 0.717) is 6.42 Å². The molecule has 0 spiro atoms. The first kappa shape index (κ1) is 8.39. The molecule has 0 aliphatic heterocycles. The summed E-state index contributed by atoms with van der Waals surface area (Å²) < 4.78 is 0. The summed E-state index contributed by atoms with van der Waals surface area (Å²) in [7, 11) is 0. The Balaban J connectivity index is 2.82. The first-order chi connectivity index (χ1) is 5.74. The largest absolute Gasteiger partial charge is 0.504 e. The lowest BCUT2D eigenvalue weighted by Gasteiger charge is -1.99. The van der Waals surface area contributed by atoms with Gasteiger partial charge in [-0.3, -0.25) is 0 Å². The Morgan fingerprint density at radius 3 is 2.58 bits per heavy atom. The lowest BCUT2D eigenvalue weighted by atomic mass is 10.1. The van der Waals surface area contributed by atoms with Crippen LogP contribution >= 0.6 is 0 Å². The highest BCUT2D eigenvalue weighted by atomic mass is 16.4. The Morgan fingerprint density at radius 1 is 1.25 bits per heavy atom. The van der Waals surface area contributed by atoms with Crippen molar-refractivity contribution < 1.29 is 15.4 Å². The van der Waals surface area contributed by atoms with Crippen LogP contribution in [0, 0.1) is 0 Å². The van der Waals surface area contributed by atoms with E-state index in [-0.39, 0.29) is 11.5 Å². The first-order valence-corrected chi connectivity index (χ1v) is 3.41. The van der Waals surface area contributed by atoms with Gasteiger partial charge in [-0.2, -0.15) is 0 Å². The summed E-state index contributed by atoms with van der Waals surface area (Å²) in [6, 6.07) is 4.43. The second kappa shape index (κ2) is 3.61. The van der Waals surface area contributed by atoms with Gasteiger partial charge in [0.15, 0.2) is 11.5 Å². The van der Waals surface area contributed by atoms with Crippen molar-refractivity contribution in [2.45, 2.75) is 6.42 Å². The van der Waals surface area contributed by atoms with Crippen LogP contribution in [0.1, 0.15) is 5.56 Å². The molecule has 0 fully saturated rings. The smallest absolute Gasteiger partial charge is 0.157 e. The summed E-state index contributed by atoms with van der Waals surface area (Å²) in [5, 5.41) is 28.9. The molecule has 12 heavy (non-hydrogen) atoms. The van der Waals surface area contributed by atoms with Crippen LogP contribution in [-0.4, -0.2) is 21.6 Å². The maximum atomic E-state index is 9.04. The number of phenolic OH excluding ortho intramolecular Hbond substituents is 2. The van der Waals surface area contributed by atoms with E-state index in [0.717, 1.165) is 5.56 Å². The maximum Gasteiger partial charge on any atom is 0.157 e. The highest BCUT2D eigenvalue weighted by molar-refractivity contribution is 5.61. The maximum absolute atomic E-state index is 9.04. The normalized spacial score (nSPS) is 10.7. The van der Waals surface area contributed by atoms with Gasteiger partial charge in [0.05, 0.1) is 0 Å². The minimum atomic E-state index is -0.168. The van der Waals surface area contributed by atoms with Crippen molar-refractivity contribution >= 4 is 6.21 Å². The molecule has 3 N–H and O–H groups in total. The lowest BCUT2D eigenvalue weighted by molar-refractivity contribution is 0.321. The Bertz CT molecular complexity index is 296. The minimum Gasteiger partial charge on any atom is -0.504 e. The fraction of sp³-hybridized carbons (Fsp3) is 0.125.